The smallest absolute Gasteiger partial charge is 0.0916 e. The van der Waals surface area contributed by atoms with Crippen LogP contribution in [0.15, 0.2) is 0 Å². The molecule has 1 heterocycles. The Kier molecular flexibility index (Phi) is 2.97. The van der Waals surface area contributed by atoms with Crippen molar-refractivity contribution < 1.29 is 9.94 Å². The van der Waals surface area contributed by atoms with Crippen molar-refractivity contribution in [3.63, 3.8) is 0 Å². The zero-order valence-electron chi connectivity index (χ0n) is 5.55. The minimum absolute atomic E-state index is 0.122. The quantitative estimate of drug-likeness (QED) is 0.585. The Morgan fingerprint density at radius 3 is 2.56 bits per heavy atom. The van der Waals surface area contributed by atoms with Gasteiger partial charge in [0.2, 0.25) is 0 Å². The Balaban J connectivity index is 1.98. The summed E-state index contributed by atoms with van der Waals surface area (Å²) in [6, 6.07) is 0. The number of hydrogen-bond donors (Lipinski definition) is 1. The van der Waals surface area contributed by atoms with E-state index < -0.39 is 0 Å². The number of aliphatic hydroxyl groups excluding tert-OH is 1. The van der Waals surface area contributed by atoms with E-state index in [0.717, 1.165) is 13.1 Å². The first-order valence-electron chi connectivity index (χ1n) is 3.42. The highest BCUT2D eigenvalue weighted by Crippen LogP contribution is 2.06. The van der Waals surface area contributed by atoms with E-state index >= 15 is 0 Å². The molecule has 0 amide bonds. The maximum atomic E-state index is 8.37. The van der Waals surface area contributed by atoms with Gasteiger partial charge in [0.25, 0.3) is 0 Å². The van der Waals surface area contributed by atoms with E-state index in [1.54, 1.807) is 0 Å². The third-order valence-electron chi connectivity index (χ3n) is 1.43. The molecule has 3 nitrogen and oxygen atoms in total. The number of hydroxylamine groups is 2. The normalized spacial score (nSPS) is 21.0. The monoisotopic (exact) mass is 131 g/mol. The molecule has 0 aromatic carbocycles. The lowest BCUT2D eigenvalue weighted by Gasteiger charge is -2.12. The highest BCUT2D eigenvalue weighted by atomic mass is 16.7. The summed E-state index contributed by atoms with van der Waals surface area (Å²) in [5, 5.41) is 10.3. The number of rotatable bonds is 3. The van der Waals surface area contributed by atoms with E-state index in [2.05, 4.69) is 0 Å². The number of aliphatic hydroxyl groups is 1. The van der Waals surface area contributed by atoms with Gasteiger partial charge in [-0.2, -0.15) is 5.06 Å². The minimum atomic E-state index is 0.122. The van der Waals surface area contributed by atoms with Crippen LogP contribution in [0, 0.1) is 0 Å². The Hall–Kier alpha value is -0.120. The van der Waals surface area contributed by atoms with Gasteiger partial charge in [0, 0.05) is 13.1 Å². The molecular formula is C6H13NO2. The van der Waals surface area contributed by atoms with E-state index in [9.17, 15) is 0 Å². The molecule has 0 aliphatic carbocycles. The van der Waals surface area contributed by atoms with Gasteiger partial charge in [-0.3, -0.25) is 4.84 Å². The summed E-state index contributed by atoms with van der Waals surface area (Å²) >= 11 is 0. The standard InChI is InChI=1S/C6H13NO2/c8-5-6-9-7-3-1-2-4-7/h8H,1-6H2. The van der Waals surface area contributed by atoms with E-state index in [-0.39, 0.29) is 6.61 Å². The third-order valence-corrected chi connectivity index (χ3v) is 1.43. The fourth-order valence-corrected chi connectivity index (χ4v) is 0.987. The Bertz CT molecular complexity index is 71.5. The van der Waals surface area contributed by atoms with Gasteiger partial charge in [-0.25, -0.2) is 0 Å². The van der Waals surface area contributed by atoms with Crippen LogP contribution in [0.1, 0.15) is 12.8 Å². The third kappa shape index (κ3) is 2.30. The van der Waals surface area contributed by atoms with Gasteiger partial charge in [0.15, 0.2) is 0 Å². The molecule has 0 aromatic rings. The van der Waals surface area contributed by atoms with Gasteiger partial charge >= 0.3 is 0 Å². The highest BCUT2D eigenvalue weighted by Gasteiger charge is 2.10. The molecule has 0 spiro atoms. The van der Waals surface area contributed by atoms with Crippen molar-refractivity contribution in [2.45, 2.75) is 12.8 Å². The van der Waals surface area contributed by atoms with Crippen molar-refractivity contribution in [1.29, 1.82) is 0 Å². The van der Waals surface area contributed by atoms with E-state index in [1.165, 1.54) is 12.8 Å². The van der Waals surface area contributed by atoms with Crippen molar-refractivity contribution in [1.82, 2.24) is 5.06 Å². The van der Waals surface area contributed by atoms with Gasteiger partial charge < -0.3 is 5.11 Å². The summed E-state index contributed by atoms with van der Waals surface area (Å²) in [6.07, 6.45) is 2.46. The zero-order valence-corrected chi connectivity index (χ0v) is 5.55. The van der Waals surface area contributed by atoms with E-state index in [4.69, 9.17) is 9.94 Å². The number of hydrogen-bond acceptors (Lipinski definition) is 3. The molecule has 0 saturated carbocycles. The Labute approximate surface area is 55.2 Å². The van der Waals surface area contributed by atoms with E-state index in [0.29, 0.717) is 6.61 Å². The summed E-state index contributed by atoms with van der Waals surface area (Å²) in [7, 11) is 0. The molecule has 1 aliphatic rings. The Morgan fingerprint density at radius 2 is 2.00 bits per heavy atom. The first-order valence-corrected chi connectivity index (χ1v) is 3.42. The van der Waals surface area contributed by atoms with Gasteiger partial charge in [0.05, 0.1) is 13.2 Å². The van der Waals surface area contributed by atoms with Crippen LogP contribution < -0.4 is 0 Å². The van der Waals surface area contributed by atoms with Crippen LogP contribution >= 0.6 is 0 Å². The highest BCUT2D eigenvalue weighted by molar-refractivity contribution is 4.56. The molecule has 1 aliphatic heterocycles. The predicted octanol–water partition coefficient (Wildman–Crippen LogP) is 0.00610. The molecule has 3 heteroatoms. The van der Waals surface area contributed by atoms with E-state index in [1.807, 2.05) is 5.06 Å². The van der Waals surface area contributed by atoms with Crippen LogP contribution in [-0.2, 0) is 4.84 Å². The Morgan fingerprint density at radius 1 is 1.33 bits per heavy atom. The largest absolute Gasteiger partial charge is 0.394 e. The maximum absolute atomic E-state index is 8.37. The first-order chi connectivity index (χ1) is 4.43. The van der Waals surface area contributed by atoms with Crippen molar-refractivity contribution in [2.24, 2.45) is 0 Å². The molecule has 54 valence electrons. The van der Waals surface area contributed by atoms with Crippen LogP contribution in [0.3, 0.4) is 0 Å². The van der Waals surface area contributed by atoms with Gasteiger partial charge in [-0.1, -0.05) is 0 Å². The molecule has 0 bridgehead atoms. The molecule has 0 unspecified atom stereocenters. The maximum Gasteiger partial charge on any atom is 0.0916 e. The SMILES string of the molecule is OCCON1CCCC1. The predicted molar refractivity (Wildman–Crippen MR) is 33.8 cm³/mol. The molecular weight excluding hydrogens is 118 g/mol. The van der Waals surface area contributed by atoms with Gasteiger partial charge in [-0.15, -0.1) is 0 Å². The van der Waals surface area contributed by atoms with Gasteiger partial charge in [0.1, 0.15) is 0 Å². The minimum Gasteiger partial charge on any atom is -0.394 e. The molecule has 1 rings (SSSR count). The van der Waals surface area contributed by atoms with Crippen molar-refractivity contribution in [2.75, 3.05) is 26.3 Å². The van der Waals surface area contributed by atoms with Crippen molar-refractivity contribution in [3.8, 4) is 0 Å². The zero-order chi connectivity index (χ0) is 6.53. The lowest BCUT2D eigenvalue weighted by Crippen LogP contribution is -2.21. The molecule has 0 aromatic heterocycles. The van der Waals surface area contributed by atoms with Crippen molar-refractivity contribution in [3.05, 3.63) is 0 Å². The fraction of sp³-hybridized carbons (Fsp3) is 1.00. The first kappa shape index (κ1) is 6.99. The topological polar surface area (TPSA) is 32.7 Å². The lowest BCUT2D eigenvalue weighted by molar-refractivity contribution is -0.150. The summed E-state index contributed by atoms with van der Waals surface area (Å²) in [6.45, 7) is 2.62. The number of nitrogens with zero attached hydrogens (tertiary/aromatic N) is 1. The molecule has 1 fully saturated rings. The summed E-state index contributed by atoms with van der Waals surface area (Å²) < 4.78 is 0. The van der Waals surface area contributed by atoms with Crippen LogP contribution in [0.2, 0.25) is 0 Å². The summed E-state index contributed by atoms with van der Waals surface area (Å²) in [5.41, 5.74) is 0. The molecule has 9 heavy (non-hydrogen) atoms. The summed E-state index contributed by atoms with van der Waals surface area (Å²) in [5.74, 6) is 0. The molecule has 1 N–H and O–H groups in total. The lowest BCUT2D eigenvalue weighted by atomic mass is 10.4. The second-order valence-electron chi connectivity index (χ2n) is 2.19. The summed E-state index contributed by atoms with van der Waals surface area (Å²) in [4.78, 5) is 5.14. The second kappa shape index (κ2) is 3.82. The average Bonchev–Trinajstić information content (AvgIpc) is 2.34. The van der Waals surface area contributed by atoms with Crippen LogP contribution in [0.4, 0.5) is 0 Å². The average molecular weight is 131 g/mol. The molecule has 0 atom stereocenters. The molecule has 0 radical (unpaired) electrons. The second-order valence-corrected chi connectivity index (χ2v) is 2.19. The molecule has 1 saturated heterocycles. The van der Waals surface area contributed by atoms with Crippen molar-refractivity contribution >= 4 is 0 Å². The van der Waals surface area contributed by atoms with Crippen LogP contribution in [-0.4, -0.2) is 36.5 Å². The van der Waals surface area contributed by atoms with Crippen LogP contribution in [0.25, 0.3) is 0 Å². The van der Waals surface area contributed by atoms with Gasteiger partial charge in [-0.05, 0) is 12.8 Å². The fourth-order valence-electron chi connectivity index (χ4n) is 0.987. The van der Waals surface area contributed by atoms with Crippen LogP contribution in [0.5, 0.6) is 0 Å².